The Bertz CT molecular complexity index is 361. The van der Waals surface area contributed by atoms with Crippen LogP contribution in [0, 0.1) is 5.82 Å². The summed E-state index contributed by atoms with van der Waals surface area (Å²) >= 11 is 10.2. The van der Waals surface area contributed by atoms with Crippen LogP contribution in [0.15, 0.2) is 23.3 Å². The molecule has 3 nitrogen and oxygen atoms in total. The molecule has 0 heterocycles. The zero-order chi connectivity index (χ0) is 10.6. The van der Waals surface area contributed by atoms with Gasteiger partial charge in [0.1, 0.15) is 5.82 Å². The van der Waals surface area contributed by atoms with Gasteiger partial charge in [-0.3, -0.25) is 5.43 Å². The van der Waals surface area contributed by atoms with Crippen LogP contribution in [0.5, 0.6) is 0 Å². The first-order valence-corrected chi connectivity index (χ1v) is 4.42. The molecular formula is C8H7ClFN3S. The van der Waals surface area contributed by atoms with Gasteiger partial charge in [-0.2, -0.15) is 5.10 Å². The summed E-state index contributed by atoms with van der Waals surface area (Å²) in [6.45, 7) is 0. The molecule has 74 valence electrons. The molecule has 0 saturated carbocycles. The second-order valence-electron chi connectivity index (χ2n) is 2.37. The lowest BCUT2D eigenvalue weighted by Gasteiger charge is -1.99. The van der Waals surface area contributed by atoms with Gasteiger partial charge in [0.2, 0.25) is 0 Å². The predicted octanol–water partition coefficient (Wildman–Crippen LogP) is 1.65. The van der Waals surface area contributed by atoms with Crippen LogP contribution < -0.4 is 11.2 Å². The Hall–Kier alpha value is -1.20. The molecule has 0 fully saturated rings. The van der Waals surface area contributed by atoms with Gasteiger partial charge in [-0.1, -0.05) is 17.7 Å². The van der Waals surface area contributed by atoms with E-state index in [0.29, 0.717) is 0 Å². The SMILES string of the molecule is NC(=S)N/N=C/c1c(F)cccc1Cl. The molecular weight excluding hydrogens is 225 g/mol. The smallest absolute Gasteiger partial charge is 0.184 e. The summed E-state index contributed by atoms with van der Waals surface area (Å²) in [5.74, 6) is -0.453. The molecule has 0 aromatic heterocycles. The van der Waals surface area contributed by atoms with Crippen molar-refractivity contribution in [3.8, 4) is 0 Å². The standard InChI is InChI=1S/C8H7ClFN3S/c9-6-2-1-3-7(10)5(6)4-12-13-8(11)14/h1-4H,(H3,11,13,14)/b12-4+. The van der Waals surface area contributed by atoms with E-state index in [9.17, 15) is 4.39 Å². The molecule has 0 saturated heterocycles. The monoisotopic (exact) mass is 231 g/mol. The van der Waals surface area contributed by atoms with E-state index in [4.69, 9.17) is 17.3 Å². The Labute approximate surface area is 90.7 Å². The average molecular weight is 232 g/mol. The topological polar surface area (TPSA) is 50.4 Å². The first-order chi connectivity index (χ1) is 6.61. The van der Waals surface area contributed by atoms with Crippen molar-refractivity contribution in [3.63, 3.8) is 0 Å². The number of rotatable bonds is 2. The summed E-state index contributed by atoms with van der Waals surface area (Å²) < 4.78 is 13.1. The maximum absolute atomic E-state index is 13.1. The van der Waals surface area contributed by atoms with Gasteiger partial charge in [-0.15, -0.1) is 0 Å². The number of halogens is 2. The molecule has 6 heteroatoms. The number of hydrogen-bond acceptors (Lipinski definition) is 2. The first-order valence-electron chi connectivity index (χ1n) is 3.64. The molecule has 3 N–H and O–H groups in total. The van der Waals surface area contributed by atoms with Crippen molar-refractivity contribution in [3.05, 3.63) is 34.6 Å². The van der Waals surface area contributed by atoms with Gasteiger partial charge in [-0.05, 0) is 24.4 Å². The third-order valence-electron chi connectivity index (χ3n) is 1.37. The number of benzene rings is 1. The average Bonchev–Trinajstić information content (AvgIpc) is 2.09. The van der Waals surface area contributed by atoms with E-state index >= 15 is 0 Å². The van der Waals surface area contributed by atoms with E-state index in [1.807, 2.05) is 0 Å². The van der Waals surface area contributed by atoms with Crippen LogP contribution in [0.4, 0.5) is 4.39 Å². The molecule has 0 atom stereocenters. The summed E-state index contributed by atoms with van der Waals surface area (Å²) in [4.78, 5) is 0. The van der Waals surface area contributed by atoms with Gasteiger partial charge < -0.3 is 5.73 Å². The van der Waals surface area contributed by atoms with E-state index in [2.05, 4.69) is 22.7 Å². The van der Waals surface area contributed by atoms with Crippen LogP contribution in [0.3, 0.4) is 0 Å². The highest BCUT2D eigenvalue weighted by molar-refractivity contribution is 7.80. The van der Waals surface area contributed by atoms with Crippen molar-refractivity contribution in [2.75, 3.05) is 0 Å². The predicted molar refractivity (Wildman–Crippen MR) is 58.9 cm³/mol. The highest BCUT2D eigenvalue weighted by Crippen LogP contribution is 2.16. The molecule has 1 aromatic rings. The van der Waals surface area contributed by atoms with Crippen molar-refractivity contribution in [2.24, 2.45) is 10.8 Å². The Morgan fingerprint density at radius 3 is 2.93 bits per heavy atom. The quantitative estimate of drug-likeness (QED) is 0.462. The largest absolute Gasteiger partial charge is 0.375 e. The molecule has 0 spiro atoms. The molecule has 0 unspecified atom stereocenters. The van der Waals surface area contributed by atoms with Crippen molar-refractivity contribution < 1.29 is 4.39 Å². The van der Waals surface area contributed by atoms with Crippen molar-refractivity contribution >= 4 is 35.1 Å². The lowest BCUT2D eigenvalue weighted by atomic mass is 10.2. The fourth-order valence-electron chi connectivity index (χ4n) is 0.794. The fraction of sp³-hybridized carbons (Fsp3) is 0. The molecule has 0 aliphatic carbocycles. The van der Waals surface area contributed by atoms with Gasteiger partial charge in [0.15, 0.2) is 5.11 Å². The first kappa shape index (κ1) is 10.9. The van der Waals surface area contributed by atoms with E-state index < -0.39 is 5.82 Å². The van der Waals surface area contributed by atoms with Crippen molar-refractivity contribution in [1.29, 1.82) is 0 Å². The molecule has 0 radical (unpaired) electrons. The minimum Gasteiger partial charge on any atom is -0.375 e. The van der Waals surface area contributed by atoms with Gasteiger partial charge in [0, 0.05) is 5.56 Å². The second-order valence-corrected chi connectivity index (χ2v) is 3.22. The Balaban J connectivity index is 2.85. The molecule has 1 aromatic carbocycles. The van der Waals surface area contributed by atoms with Crippen molar-refractivity contribution in [2.45, 2.75) is 0 Å². The summed E-state index contributed by atoms with van der Waals surface area (Å²) in [5.41, 5.74) is 7.61. The molecule has 1 rings (SSSR count). The highest BCUT2D eigenvalue weighted by Gasteiger charge is 2.02. The molecule has 0 aliphatic heterocycles. The van der Waals surface area contributed by atoms with Crippen LogP contribution in [0.2, 0.25) is 5.02 Å². The zero-order valence-electron chi connectivity index (χ0n) is 7.00. The second kappa shape index (κ2) is 4.88. The van der Waals surface area contributed by atoms with Crippen LogP contribution in [0.25, 0.3) is 0 Å². The van der Waals surface area contributed by atoms with E-state index in [1.165, 1.54) is 18.3 Å². The number of nitrogens with two attached hydrogens (primary N) is 1. The van der Waals surface area contributed by atoms with Crippen molar-refractivity contribution in [1.82, 2.24) is 5.43 Å². The molecule has 0 aliphatic rings. The molecule has 14 heavy (non-hydrogen) atoms. The van der Waals surface area contributed by atoms with E-state index in [0.717, 1.165) is 0 Å². The number of nitrogens with zero attached hydrogens (tertiary/aromatic N) is 1. The minimum atomic E-state index is -0.453. The lowest BCUT2D eigenvalue weighted by Crippen LogP contribution is -2.24. The Morgan fingerprint density at radius 2 is 2.36 bits per heavy atom. The molecule has 0 amide bonds. The number of hydrogen-bond donors (Lipinski definition) is 2. The van der Waals surface area contributed by atoms with Crippen LogP contribution in [0.1, 0.15) is 5.56 Å². The third kappa shape index (κ3) is 2.93. The summed E-state index contributed by atoms with van der Waals surface area (Å²) in [5, 5.41) is 3.88. The van der Waals surface area contributed by atoms with Crippen LogP contribution in [-0.4, -0.2) is 11.3 Å². The van der Waals surface area contributed by atoms with E-state index in [-0.39, 0.29) is 15.7 Å². The molecule has 0 bridgehead atoms. The summed E-state index contributed by atoms with van der Waals surface area (Å²) in [6.07, 6.45) is 1.22. The number of hydrazone groups is 1. The zero-order valence-corrected chi connectivity index (χ0v) is 8.57. The van der Waals surface area contributed by atoms with Crippen LogP contribution >= 0.6 is 23.8 Å². The minimum absolute atomic E-state index is 0.00807. The van der Waals surface area contributed by atoms with E-state index in [1.54, 1.807) is 6.07 Å². The summed E-state index contributed by atoms with van der Waals surface area (Å²) in [6, 6.07) is 4.36. The normalized spacial score (nSPS) is 10.4. The summed E-state index contributed by atoms with van der Waals surface area (Å²) in [7, 11) is 0. The van der Waals surface area contributed by atoms with Crippen LogP contribution in [-0.2, 0) is 0 Å². The van der Waals surface area contributed by atoms with Gasteiger partial charge in [0.05, 0.1) is 11.2 Å². The number of nitrogens with one attached hydrogen (secondary N) is 1. The maximum Gasteiger partial charge on any atom is 0.184 e. The Kier molecular flexibility index (Phi) is 3.79. The van der Waals surface area contributed by atoms with Gasteiger partial charge >= 0.3 is 0 Å². The lowest BCUT2D eigenvalue weighted by molar-refractivity contribution is 0.626. The third-order valence-corrected chi connectivity index (χ3v) is 1.79. The Morgan fingerprint density at radius 1 is 1.64 bits per heavy atom. The maximum atomic E-state index is 13.1. The van der Waals surface area contributed by atoms with Gasteiger partial charge in [-0.25, -0.2) is 4.39 Å². The fourth-order valence-corrected chi connectivity index (χ4v) is 1.06. The highest BCUT2D eigenvalue weighted by atomic mass is 35.5. The number of thiocarbonyl (C=S) groups is 1. The van der Waals surface area contributed by atoms with Gasteiger partial charge in [0.25, 0.3) is 0 Å².